The zero-order valence-electron chi connectivity index (χ0n) is 12.7. The Balaban J connectivity index is 2.50. The number of hydrogen-bond acceptors (Lipinski definition) is 3. The molecule has 5 nitrogen and oxygen atoms in total. The number of nitrogens with one attached hydrogen (secondary N) is 1. The van der Waals surface area contributed by atoms with Crippen LogP contribution in [0.4, 0.5) is 0 Å². The van der Waals surface area contributed by atoms with Gasteiger partial charge in [0.2, 0.25) is 11.8 Å². The largest absolute Gasteiger partial charge is 0.346 e. The van der Waals surface area contributed by atoms with E-state index in [2.05, 4.69) is 26.1 Å². The molecule has 1 saturated heterocycles. The third-order valence-electron chi connectivity index (χ3n) is 3.81. The molecule has 0 aromatic heterocycles. The molecule has 2 amide bonds. The van der Waals surface area contributed by atoms with Crippen LogP contribution in [0.5, 0.6) is 0 Å². The fourth-order valence-corrected chi connectivity index (χ4v) is 2.70. The number of nitrogens with two attached hydrogens (primary N) is 1. The second-order valence-electron chi connectivity index (χ2n) is 6.61. The maximum Gasteiger partial charge on any atom is 0.242 e. The van der Waals surface area contributed by atoms with Crippen LogP contribution in [0.25, 0.3) is 0 Å². The van der Waals surface area contributed by atoms with Crippen LogP contribution in [0.3, 0.4) is 0 Å². The van der Waals surface area contributed by atoms with Crippen LogP contribution in [0.2, 0.25) is 0 Å². The quantitative estimate of drug-likeness (QED) is 0.790. The Bertz CT molecular complexity index is 353. The Morgan fingerprint density at radius 1 is 1.42 bits per heavy atom. The van der Waals surface area contributed by atoms with Crippen molar-refractivity contribution >= 4 is 11.8 Å². The lowest BCUT2D eigenvalue weighted by molar-refractivity contribution is -0.136. The molecule has 0 radical (unpaired) electrons. The first-order valence-electron chi connectivity index (χ1n) is 6.99. The summed E-state index contributed by atoms with van der Waals surface area (Å²) < 4.78 is 0. The first-order chi connectivity index (χ1) is 8.65. The molecule has 0 spiro atoms. The monoisotopic (exact) mass is 269 g/mol. The first-order valence-corrected chi connectivity index (χ1v) is 6.99. The van der Waals surface area contributed by atoms with Gasteiger partial charge in [0.15, 0.2) is 0 Å². The van der Waals surface area contributed by atoms with E-state index in [1.54, 1.807) is 0 Å². The number of hydrogen-bond donors (Lipinski definition) is 2. The molecule has 110 valence electrons. The lowest BCUT2D eigenvalue weighted by Gasteiger charge is -2.31. The van der Waals surface area contributed by atoms with Gasteiger partial charge in [-0.3, -0.25) is 9.59 Å². The fraction of sp³-hybridized carbons (Fsp3) is 0.857. The van der Waals surface area contributed by atoms with E-state index in [0.29, 0.717) is 5.92 Å². The Kier molecular flexibility index (Phi) is 4.96. The molecule has 19 heavy (non-hydrogen) atoms. The van der Waals surface area contributed by atoms with Crippen molar-refractivity contribution < 1.29 is 9.59 Å². The fourth-order valence-electron chi connectivity index (χ4n) is 2.70. The van der Waals surface area contributed by atoms with Crippen LogP contribution >= 0.6 is 0 Å². The Labute approximate surface area is 115 Å². The average Bonchev–Trinajstić information content (AvgIpc) is 2.57. The summed E-state index contributed by atoms with van der Waals surface area (Å²) in [4.78, 5) is 25.8. The normalized spacial score (nSPS) is 23.5. The summed E-state index contributed by atoms with van der Waals surface area (Å²) >= 11 is 0. The highest BCUT2D eigenvalue weighted by Gasteiger charge is 2.39. The molecule has 1 fully saturated rings. The van der Waals surface area contributed by atoms with Crippen LogP contribution < -0.4 is 11.1 Å². The first kappa shape index (κ1) is 16.0. The maximum atomic E-state index is 12.2. The average molecular weight is 269 g/mol. The second-order valence-corrected chi connectivity index (χ2v) is 6.61. The molecule has 0 aromatic carbocycles. The predicted octanol–water partition coefficient (Wildman–Crippen LogP) is 0.733. The molecule has 3 N–H and O–H groups in total. The van der Waals surface area contributed by atoms with Gasteiger partial charge in [-0.05, 0) is 32.1 Å². The van der Waals surface area contributed by atoms with Gasteiger partial charge in [0.25, 0.3) is 0 Å². The molecule has 0 saturated carbocycles. The van der Waals surface area contributed by atoms with E-state index >= 15 is 0 Å². The minimum atomic E-state index is -0.557. The van der Waals surface area contributed by atoms with Crippen molar-refractivity contribution in [1.82, 2.24) is 10.2 Å². The lowest BCUT2D eigenvalue weighted by atomic mass is 9.97. The Morgan fingerprint density at radius 2 is 2.00 bits per heavy atom. The summed E-state index contributed by atoms with van der Waals surface area (Å²) in [5.74, 6) is 0.290. The number of likely N-dealkylation sites (tertiary alicyclic amines) is 1. The van der Waals surface area contributed by atoms with Crippen molar-refractivity contribution in [2.24, 2.45) is 17.6 Å². The lowest BCUT2D eigenvalue weighted by Crippen LogP contribution is -2.50. The maximum absolute atomic E-state index is 12.2. The minimum absolute atomic E-state index is 0.0290. The molecule has 1 unspecified atom stereocenters. The molecule has 1 aliphatic heterocycles. The highest BCUT2D eigenvalue weighted by molar-refractivity contribution is 5.87. The highest BCUT2D eigenvalue weighted by atomic mass is 16.2. The number of carbonyl (C=O) groups excluding carboxylic acids is 2. The third kappa shape index (κ3) is 3.93. The van der Waals surface area contributed by atoms with Gasteiger partial charge in [-0.25, -0.2) is 0 Å². The highest BCUT2D eigenvalue weighted by Crippen LogP contribution is 2.31. The van der Waals surface area contributed by atoms with Crippen LogP contribution in [0.15, 0.2) is 0 Å². The van der Waals surface area contributed by atoms with E-state index in [4.69, 9.17) is 5.73 Å². The van der Waals surface area contributed by atoms with E-state index in [0.717, 1.165) is 13.0 Å². The van der Waals surface area contributed by atoms with Gasteiger partial charge >= 0.3 is 0 Å². The zero-order chi connectivity index (χ0) is 14.8. The molecule has 1 rings (SSSR count). The molecular formula is C14H27N3O2. The van der Waals surface area contributed by atoms with Gasteiger partial charge in [0.1, 0.15) is 0 Å². The molecule has 5 heteroatoms. The summed E-state index contributed by atoms with van der Waals surface area (Å²) in [5, 5.41) is 2.64. The zero-order valence-corrected chi connectivity index (χ0v) is 12.7. The molecule has 1 heterocycles. The van der Waals surface area contributed by atoms with E-state index in [1.165, 1.54) is 0 Å². The number of rotatable bonds is 4. The van der Waals surface area contributed by atoms with Crippen molar-refractivity contribution in [2.75, 3.05) is 13.1 Å². The van der Waals surface area contributed by atoms with Crippen molar-refractivity contribution in [2.45, 2.75) is 52.6 Å². The number of nitrogens with zero attached hydrogens (tertiary/aromatic N) is 1. The Morgan fingerprint density at radius 3 is 2.42 bits per heavy atom. The predicted molar refractivity (Wildman–Crippen MR) is 75.4 cm³/mol. The standard InChI is InChI=1S/C14H27N3O2/c1-9(2)12(15)13(19)16-7-11(18)17-8-10(3)6-14(17,4)5/h9-10,12H,6-8,15H2,1-5H3,(H,16,19)/t10?,12-/m0/s1. The van der Waals surface area contributed by atoms with Crippen molar-refractivity contribution in [3.8, 4) is 0 Å². The topological polar surface area (TPSA) is 75.4 Å². The summed E-state index contributed by atoms with van der Waals surface area (Å²) in [6.45, 7) is 10.8. The van der Waals surface area contributed by atoms with Crippen LogP contribution in [0.1, 0.15) is 41.0 Å². The van der Waals surface area contributed by atoms with E-state index in [-0.39, 0.29) is 29.8 Å². The van der Waals surface area contributed by atoms with Crippen LogP contribution in [-0.2, 0) is 9.59 Å². The van der Waals surface area contributed by atoms with Crippen molar-refractivity contribution in [1.29, 1.82) is 0 Å². The van der Waals surface area contributed by atoms with Gasteiger partial charge < -0.3 is 16.0 Å². The molecule has 1 aliphatic rings. The molecule has 0 bridgehead atoms. The van der Waals surface area contributed by atoms with Crippen molar-refractivity contribution in [3.05, 3.63) is 0 Å². The van der Waals surface area contributed by atoms with Gasteiger partial charge in [-0.1, -0.05) is 20.8 Å². The van der Waals surface area contributed by atoms with E-state index in [9.17, 15) is 9.59 Å². The SMILES string of the molecule is CC1CN(C(=O)CNC(=O)[C@@H](N)C(C)C)C(C)(C)C1. The summed E-state index contributed by atoms with van der Waals surface area (Å²) in [5.41, 5.74) is 5.61. The molecular weight excluding hydrogens is 242 g/mol. The third-order valence-corrected chi connectivity index (χ3v) is 3.81. The summed E-state index contributed by atoms with van der Waals surface area (Å²) in [7, 11) is 0. The summed E-state index contributed by atoms with van der Waals surface area (Å²) in [6.07, 6.45) is 0.998. The smallest absolute Gasteiger partial charge is 0.242 e. The van der Waals surface area contributed by atoms with Gasteiger partial charge in [0.05, 0.1) is 12.6 Å². The van der Waals surface area contributed by atoms with Gasteiger partial charge in [-0.15, -0.1) is 0 Å². The number of amides is 2. The van der Waals surface area contributed by atoms with E-state index in [1.807, 2.05) is 18.7 Å². The molecule has 0 aliphatic carbocycles. The van der Waals surface area contributed by atoms with Crippen LogP contribution in [-0.4, -0.2) is 41.4 Å². The van der Waals surface area contributed by atoms with Gasteiger partial charge in [-0.2, -0.15) is 0 Å². The van der Waals surface area contributed by atoms with Gasteiger partial charge in [0, 0.05) is 12.1 Å². The Hall–Kier alpha value is -1.10. The molecule has 0 aromatic rings. The second kappa shape index (κ2) is 5.90. The van der Waals surface area contributed by atoms with Crippen molar-refractivity contribution in [3.63, 3.8) is 0 Å². The van der Waals surface area contributed by atoms with E-state index < -0.39 is 6.04 Å². The van der Waals surface area contributed by atoms with Crippen LogP contribution in [0, 0.1) is 11.8 Å². The summed E-state index contributed by atoms with van der Waals surface area (Å²) in [6, 6.07) is -0.557. The number of carbonyl (C=O) groups is 2. The molecule has 2 atom stereocenters. The minimum Gasteiger partial charge on any atom is -0.346 e.